The van der Waals surface area contributed by atoms with Crippen LogP contribution >= 0.6 is 11.6 Å². The summed E-state index contributed by atoms with van der Waals surface area (Å²) in [6.45, 7) is 1.05. The third kappa shape index (κ3) is 4.00. The van der Waals surface area contributed by atoms with Crippen molar-refractivity contribution in [3.05, 3.63) is 71.1 Å². The topological polar surface area (TPSA) is 63.0 Å². The smallest absolute Gasteiger partial charge is 0.0969 e. The summed E-state index contributed by atoms with van der Waals surface area (Å²) in [6, 6.07) is 11.1. The minimum Gasteiger partial charge on any atom is -0.387 e. The van der Waals surface area contributed by atoms with E-state index in [-0.39, 0.29) is 0 Å². The average molecular weight is 343 g/mol. The third-order valence-electron chi connectivity index (χ3n) is 3.74. The van der Waals surface area contributed by atoms with E-state index in [0.29, 0.717) is 18.1 Å². The van der Waals surface area contributed by atoms with E-state index in [1.165, 1.54) is 0 Å². The molecule has 0 spiro atoms. The van der Waals surface area contributed by atoms with Crippen LogP contribution in [-0.2, 0) is 13.6 Å². The highest BCUT2D eigenvalue weighted by Crippen LogP contribution is 2.21. The molecule has 1 aromatic carbocycles. The SMILES string of the molecule is Cn1cc(CNCC(O)c2cccc(Cl)c2)c(-c2ccncc2)n1. The number of nitrogens with one attached hydrogen (secondary N) is 1. The Hall–Kier alpha value is -2.21. The number of aromatic nitrogens is 3. The zero-order valence-corrected chi connectivity index (χ0v) is 14.1. The predicted octanol–water partition coefficient (Wildman–Crippen LogP) is 2.96. The van der Waals surface area contributed by atoms with Gasteiger partial charge in [-0.15, -0.1) is 0 Å². The van der Waals surface area contributed by atoms with Crippen LogP contribution in [0.4, 0.5) is 0 Å². The molecule has 3 rings (SSSR count). The van der Waals surface area contributed by atoms with Gasteiger partial charge in [0.1, 0.15) is 0 Å². The van der Waals surface area contributed by atoms with Crippen LogP contribution in [0.3, 0.4) is 0 Å². The van der Waals surface area contributed by atoms with Gasteiger partial charge >= 0.3 is 0 Å². The first-order valence-corrected chi connectivity index (χ1v) is 8.08. The second-order valence-electron chi connectivity index (χ2n) is 5.61. The van der Waals surface area contributed by atoms with Crippen molar-refractivity contribution in [2.75, 3.05) is 6.54 Å². The van der Waals surface area contributed by atoms with Crippen molar-refractivity contribution in [2.24, 2.45) is 7.05 Å². The Morgan fingerprint density at radius 1 is 1.25 bits per heavy atom. The molecule has 0 saturated heterocycles. The van der Waals surface area contributed by atoms with Gasteiger partial charge in [-0.3, -0.25) is 9.67 Å². The van der Waals surface area contributed by atoms with Crippen molar-refractivity contribution in [1.29, 1.82) is 0 Å². The number of aryl methyl sites for hydroxylation is 1. The Morgan fingerprint density at radius 3 is 2.79 bits per heavy atom. The van der Waals surface area contributed by atoms with Gasteiger partial charge in [0, 0.05) is 54.9 Å². The highest BCUT2D eigenvalue weighted by atomic mass is 35.5. The number of pyridine rings is 1. The standard InChI is InChI=1S/C18H19ClN4O/c1-23-12-15(18(22-23)13-5-7-20-8-6-13)10-21-11-17(24)14-3-2-4-16(19)9-14/h2-9,12,17,21,24H,10-11H2,1H3. The number of hydrogen-bond donors (Lipinski definition) is 2. The Morgan fingerprint density at radius 2 is 2.04 bits per heavy atom. The number of aliphatic hydroxyl groups is 1. The highest BCUT2D eigenvalue weighted by Gasteiger charge is 2.12. The highest BCUT2D eigenvalue weighted by molar-refractivity contribution is 6.30. The quantitative estimate of drug-likeness (QED) is 0.723. The molecule has 124 valence electrons. The number of nitrogens with zero attached hydrogens (tertiary/aromatic N) is 3. The lowest BCUT2D eigenvalue weighted by molar-refractivity contribution is 0.174. The lowest BCUT2D eigenvalue weighted by Gasteiger charge is -2.12. The van der Waals surface area contributed by atoms with E-state index in [1.807, 2.05) is 37.5 Å². The van der Waals surface area contributed by atoms with Crippen LogP contribution in [0.1, 0.15) is 17.2 Å². The molecule has 0 amide bonds. The molecule has 2 N–H and O–H groups in total. The van der Waals surface area contributed by atoms with Gasteiger partial charge in [-0.1, -0.05) is 23.7 Å². The normalized spacial score (nSPS) is 12.3. The van der Waals surface area contributed by atoms with Crippen LogP contribution < -0.4 is 5.32 Å². The van der Waals surface area contributed by atoms with E-state index >= 15 is 0 Å². The lowest BCUT2D eigenvalue weighted by Crippen LogP contribution is -2.21. The van der Waals surface area contributed by atoms with Crippen molar-refractivity contribution in [2.45, 2.75) is 12.6 Å². The van der Waals surface area contributed by atoms with Gasteiger partial charge in [-0.05, 0) is 29.8 Å². The first-order chi connectivity index (χ1) is 11.6. The summed E-state index contributed by atoms with van der Waals surface area (Å²) in [7, 11) is 1.90. The van der Waals surface area contributed by atoms with Gasteiger partial charge in [0.05, 0.1) is 11.8 Å². The molecule has 0 aliphatic carbocycles. The van der Waals surface area contributed by atoms with E-state index in [1.54, 1.807) is 29.2 Å². The van der Waals surface area contributed by atoms with E-state index < -0.39 is 6.10 Å². The average Bonchev–Trinajstić information content (AvgIpc) is 2.96. The zero-order chi connectivity index (χ0) is 16.9. The molecule has 0 radical (unpaired) electrons. The van der Waals surface area contributed by atoms with E-state index in [2.05, 4.69) is 15.4 Å². The molecular weight excluding hydrogens is 324 g/mol. The molecule has 3 aromatic rings. The van der Waals surface area contributed by atoms with Gasteiger partial charge in [0.15, 0.2) is 0 Å². The summed E-state index contributed by atoms with van der Waals surface area (Å²) in [6.07, 6.45) is 4.88. The van der Waals surface area contributed by atoms with Gasteiger partial charge in [0.25, 0.3) is 0 Å². The second kappa shape index (κ2) is 7.57. The fourth-order valence-electron chi connectivity index (χ4n) is 2.60. The molecule has 1 atom stereocenters. The summed E-state index contributed by atoms with van der Waals surface area (Å²) >= 11 is 5.96. The maximum Gasteiger partial charge on any atom is 0.0969 e. The monoisotopic (exact) mass is 342 g/mol. The van der Waals surface area contributed by atoms with Crippen molar-refractivity contribution >= 4 is 11.6 Å². The van der Waals surface area contributed by atoms with Crippen LogP contribution in [0.2, 0.25) is 5.02 Å². The lowest BCUT2D eigenvalue weighted by atomic mass is 10.1. The molecule has 0 fully saturated rings. The number of aliphatic hydroxyl groups excluding tert-OH is 1. The fourth-order valence-corrected chi connectivity index (χ4v) is 2.79. The molecule has 0 saturated carbocycles. The van der Waals surface area contributed by atoms with Crippen LogP contribution in [-0.4, -0.2) is 26.4 Å². The number of hydrogen-bond acceptors (Lipinski definition) is 4. The van der Waals surface area contributed by atoms with Crippen molar-refractivity contribution < 1.29 is 5.11 Å². The molecular formula is C18H19ClN4O. The molecule has 24 heavy (non-hydrogen) atoms. The Kier molecular flexibility index (Phi) is 5.25. The molecule has 0 aliphatic rings. The van der Waals surface area contributed by atoms with E-state index in [0.717, 1.165) is 22.4 Å². The second-order valence-corrected chi connectivity index (χ2v) is 6.05. The molecule has 5 nitrogen and oxygen atoms in total. The summed E-state index contributed by atoms with van der Waals surface area (Å²) in [5.74, 6) is 0. The Balaban J connectivity index is 1.65. The van der Waals surface area contributed by atoms with Crippen LogP contribution in [0, 0.1) is 0 Å². The number of benzene rings is 1. The summed E-state index contributed by atoms with van der Waals surface area (Å²) < 4.78 is 1.79. The van der Waals surface area contributed by atoms with Gasteiger partial charge in [0.2, 0.25) is 0 Å². The van der Waals surface area contributed by atoms with Crippen LogP contribution in [0.25, 0.3) is 11.3 Å². The third-order valence-corrected chi connectivity index (χ3v) is 3.98. The Labute approximate surface area is 145 Å². The maximum absolute atomic E-state index is 10.3. The van der Waals surface area contributed by atoms with Gasteiger partial charge < -0.3 is 10.4 Å². The van der Waals surface area contributed by atoms with Gasteiger partial charge in [-0.25, -0.2) is 0 Å². The van der Waals surface area contributed by atoms with Crippen molar-refractivity contribution in [3.8, 4) is 11.3 Å². The van der Waals surface area contributed by atoms with Crippen LogP contribution in [0.15, 0.2) is 55.0 Å². The molecule has 0 aliphatic heterocycles. The fraction of sp³-hybridized carbons (Fsp3) is 0.222. The first-order valence-electron chi connectivity index (χ1n) is 7.70. The zero-order valence-electron chi connectivity index (χ0n) is 13.4. The molecule has 0 bridgehead atoms. The summed E-state index contributed by atoms with van der Waals surface area (Å²) in [5, 5.41) is 18.7. The number of rotatable bonds is 6. The Bertz CT molecular complexity index is 804. The van der Waals surface area contributed by atoms with E-state index in [9.17, 15) is 5.11 Å². The van der Waals surface area contributed by atoms with Crippen LogP contribution in [0.5, 0.6) is 0 Å². The molecule has 1 unspecified atom stereocenters. The first kappa shape index (κ1) is 16.6. The number of halogens is 1. The van der Waals surface area contributed by atoms with Crippen molar-refractivity contribution in [1.82, 2.24) is 20.1 Å². The van der Waals surface area contributed by atoms with E-state index in [4.69, 9.17) is 11.6 Å². The molecule has 2 aromatic heterocycles. The van der Waals surface area contributed by atoms with Crippen molar-refractivity contribution in [3.63, 3.8) is 0 Å². The molecule has 2 heterocycles. The summed E-state index contributed by atoms with van der Waals surface area (Å²) in [5.41, 5.74) is 3.82. The largest absolute Gasteiger partial charge is 0.387 e. The maximum atomic E-state index is 10.3. The van der Waals surface area contributed by atoms with Gasteiger partial charge in [-0.2, -0.15) is 5.10 Å². The minimum absolute atomic E-state index is 0.436. The molecule has 6 heteroatoms. The summed E-state index contributed by atoms with van der Waals surface area (Å²) in [4.78, 5) is 4.04. The predicted molar refractivity (Wildman–Crippen MR) is 94.6 cm³/mol. The minimum atomic E-state index is -0.607.